The van der Waals surface area contributed by atoms with Crippen molar-refractivity contribution < 1.29 is 0 Å². The van der Waals surface area contributed by atoms with Crippen molar-refractivity contribution >= 4 is 28.8 Å². The fourth-order valence-corrected chi connectivity index (χ4v) is 1.62. The zero-order valence-electron chi connectivity index (χ0n) is 7.32. The molecular weight excluding hydrogens is 182 g/mol. The Labute approximate surface area is 82.2 Å². The fourth-order valence-electron chi connectivity index (χ4n) is 1.30. The van der Waals surface area contributed by atoms with Gasteiger partial charge in [0.1, 0.15) is 16.7 Å². The number of hydrogen-bond acceptors (Lipinski definition) is 3. The smallest absolute Gasteiger partial charge is 0.137 e. The highest BCUT2D eigenvalue weighted by Gasteiger charge is 2.32. The molecule has 0 aromatic carbocycles. The zero-order chi connectivity index (χ0) is 9.42. The molecule has 0 spiro atoms. The van der Waals surface area contributed by atoms with Crippen LogP contribution in [0.25, 0.3) is 0 Å². The molecule has 1 aliphatic carbocycles. The first-order valence-electron chi connectivity index (χ1n) is 4.29. The number of nitrogens with zero attached hydrogens (tertiary/aromatic N) is 3. The van der Waals surface area contributed by atoms with Gasteiger partial charge >= 0.3 is 0 Å². The van der Waals surface area contributed by atoms with Crippen LogP contribution in [0.15, 0.2) is 9.98 Å². The van der Waals surface area contributed by atoms with E-state index < -0.39 is 0 Å². The van der Waals surface area contributed by atoms with Crippen molar-refractivity contribution in [3.8, 4) is 6.07 Å². The minimum atomic E-state index is -0.377. The van der Waals surface area contributed by atoms with Gasteiger partial charge in [0.05, 0.1) is 6.07 Å². The lowest BCUT2D eigenvalue weighted by Crippen LogP contribution is -2.24. The summed E-state index contributed by atoms with van der Waals surface area (Å²) in [6.07, 6.45) is 2.32. The van der Waals surface area contributed by atoms with Crippen LogP contribution >= 0.6 is 12.2 Å². The van der Waals surface area contributed by atoms with Crippen LogP contribution in [0.4, 0.5) is 0 Å². The van der Waals surface area contributed by atoms with Gasteiger partial charge < -0.3 is 0 Å². The van der Waals surface area contributed by atoms with Crippen molar-refractivity contribution in [2.45, 2.75) is 19.8 Å². The first-order valence-corrected chi connectivity index (χ1v) is 4.70. The van der Waals surface area contributed by atoms with E-state index in [-0.39, 0.29) is 5.92 Å². The Morgan fingerprint density at radius 3 is 2.62 bits per heavy atom. The topological polar surface area (TPSA) is 48.5 Å². The van der Waals surface area contributed by atoms with Crippen molar-refractivity contribution in [1.82, 2.24) is 0 Å². The Morgan fingerprint density at radius 2 is 2.15 bits per heavy atom. The van der Waals surface area contributed by atoms with Gasteiger partial charge in [-0.05, 0) is 19.8 Å². The van der Waals surface area contributed by atoms with Crippen LogP contribution in [0.1, 0.15) is 19.8 Å². The largest absolute Gasteiger partial charge is 0.240 e. The number of amidine groups is 1. The molecule has 0 saturated heterocycles. The molecule has 3 nitrogen and oxygen atoms in total. The summed E-state index contributed by atoms with van der Waals surface area (Å²) in [6, 6.07) is 2.10. The van der Waals surface area contributed by atoms with Crippen LogP contribution in [-0.4, -0.2) is 16.5 Å². The van der Waals surface area contributed by atoms with Crippen LogP contribution in [0.3, 0.4) is 0 Å². The maximum atomic E-state index is 8.78. The van der Waals surface area contributed by atoms with E-state index in [1.165, 1.54) is 0 Å². The number of nitriles is 1. The molecule has 1 atom stereocenters. The normalized spacial score (nSPS) is 27.7. The monoisotopic (exact) mass is 191 g/mol. The van der Waals surface area contributed by atoms with E-state index in [4.69, 9.17) is 17.5 Å². The Bertz CT molecular complexity index is 358. The number of aliphatic imine (C=N–C) groups is 2. The molecule has 66 valence electrons. The summed E-state index contributed by atoms with van der Waals surface area (Å²) >= 11 is 5.04. The molecule has 1 fully saturated rings. The molecule has 0 aromatic rings. The van der Waals surface area contributed by atoms with Crippen molar-refractivity contribution in [3.05, 3.63) is 0 Å². The van der Waals surface area contributed by atoms with Crippen LogP contribution < -0.4 is 0 Å². The second-order valence-electron chi connectivity index (χ2n) is 3.40. The van der Waals surface area contributed by atoms with Crippen LogP contribution in [0, 0.1) is 23.2 Å². The molecule has 0 radical (unpaired) electrons. The predicted molar refractivity (Wildman–Crippen MR) is 55.0 cm³/mol. The van der Waals surface area contributed by atoms with E-state index in [0.717, 1.165) is 24.4 Å². The van der Waals surface area contributed by atoms with Gasteiger partial charge in [-0.3, -0.25) is 0 Å². The van der Waals surface area contributed by atoms with E-state index in [1.54, 1.807) is 0 Å². The van der Waals surface area contributed by atoms with E-state index in [1.807, 2.05) is 6.92 Å². The minimum Gasteiger partial charge on any atom is -0.240 e. The summed E-state index contributed by atoms with van der Waals surface area (Å²) in [5.74, 6) is 0.971. The molecule has 0 N–H and O–H groups in total. The lowest BCUT2D eigenvalue weighted by Gasteiger charge is -2.13. The summed E-state index contributed by atoms with van der Waals surface area (Å²) in [4.78, 5) is 8.97. The highest BCUT2D eigenvalue weighted by molar-refractivity contribution is 7.80. The molecule has 4 heteroatoms. The van der Waals surface area contributed by atoms with Gasteiger partial charge in [0, 0.05) is 11.6 Å². The van der Waals surface area contributed by atoms with Crippen LogP contribution in [0.2, 0.25) is 0 Å². The highest BCUT2D eigenvalue weighted by Crippen LogP contribution is 2.32. The van der Waals surface area contributed by atoms with E-state index in [0.29, 0.717) is 10.9 Å². The molecule has 13 heavy (non-hydrogen) atoms. The Hall–Kier alpha value is -1.08. The molecule has 1 heterocycles. The van der Waals surface area contributed by atoms with Crippen molar-refractivity contribution in [3.63, 3.8) is 0 Å². The second-order valence-corrected chi connectivity index (χ2v) is 3.82. The number of rotatable bonds is 1. The zero-order valence-corrected chi connectivity index (χ0v) is 8.14. The molecule has 2 rings (SSSR count). The Kier molecular flexibility index (Phi) is 1.97. The van der Waals surface area contributed by atoms with Gasteiger partial charge in [0.25, 0.3) is 0 Å². The lowest BCUT2D eigenvalue weighted by atomic mass is 10.1. The SMILES string of the molecule is CC1=NC(C2CC2)=NC(=S)C1C#N. The summed E-state index contributed by atoms with van der Waals surface area (Å²) < 4.78 is 0. The maximum Gasteiger partial charge on any atom is 0.137 e. The van der Waals surface area contributed by atoms with Gasteiger partial charge in [-0.15, -0.1) is 0 Å². The van der Waals surface area contributed by atoms with Gasteiger partial charge in [0.2, 0.25) is 0 Å². The third-order valence-corrected chi connectivity index (χ3v) is 2.58. The van der Waals surface area contributed by atoms with Gasteiger partial charge in [0.15, 0.2) is 0 Å². The molecular formula is C9H9N3S. The average molecular weight is 191 g/mol. The highest BCUT2D eigenvalue weighted by atomic mass is 32.1. The average Bonchev–Trinajstić information content (AvgIpc) is 2.85. The quantitative estimate of drug-likeness (QED) is 0.593. The van der Waals surface area contributed by atoms with Gasteiger partial charge in [-0.25, -0.2) is 9.98 Å². The molecule has 0 amide bonds. The van der Waals surface area contributed by atoms with Gasteiger partial charge in [-0.1, -0.05) is 12.2 Å². The second kappa shape index (κ2) is 3.00. The van der Waals surface area contributed by atoms with Crippen LogP contribution in [-0.2, 0) is 0 Å². The maximum absolute atomic E-state index is 8.78. The summed E-state index contributed by atoms with van der Waals surface area (Å²) in [5.41, 5.74) is 0.796. The van der Waals surface area contributed by atoms with Crippen LogP contribution in [0.5, 0.6) is 0 Å². The summed E-state index contributed by atoms with van der Waals surface area (Å²) in [7, 11) is 0. The van der Waals surface area contributed by atoms with Crippen molar-refractivity contribution in [1.29, 1.82) is 5.26 Å². The molecule has 0 bridgehead atoms. The molecule has 1 unspecified atom stereocenters. The van der Waals surface area contributed by atoms with Gasteiger partial charge in [-0.2, -0.15) is 5.26 Å². The van der Waals surface area contributed by atoms with Crippen molar-refractivity contribution in [2.75, 3.05) is 0 Å². The molecule has 0 aromatic heterocycles. The summed E-state index contributed by atoms with van der Waals surface area (Å²) in [5, 5.41) is 8.78. The fraction of sp³-hybridized carbons (Fsp3) is 0.556. The van der Waals surface area contributed by atoms with E-state index in [2.05, 4.69) is 16.1 Å². The predicted octanol–water partition coefficient (Wildman–Crippen LogP) is 1.74. The standard InChI is InChI=1S/C9H9N3S/c1-5-7(4-10)9(13)12-8(11-5)6-2-3-6/h6-7H,2-3H2,1H3. The first-order chi connectivity index (χ1) is 6.22. The number of hydrogen-bond donors (Lipinski definition) is 0. The minimum absolute atomic E-state index is 0.377. The number of thiocarbonyl (C=S) groups is 1. The van der Waals surface area contributed by atoms with E-state index >= 15 is 0 Å². The summed E-state index contributed by atoms with van der Waals surface area (Å²) in [6.45, 7) is 1.84. The van der Waals surface area contributed by atoms with E-state index in [9.17, 15) is 0 Å². The molecule has 2 aliphatic rings. The molecule has 1 aliphatic heterocycles. The third kappa shape index (κ3) is 1.52. The first kappa shape index (κ1) is 8.52. The molecule has 1 saturated carbocycles. The Balaban J connectivity index is 2.28. The van der Waals surface area contributed by atoms with Crippen molar-refractivity contribution in [2.24, 2.45) is 21.8 Å². The third-order valence-electron chi connectivity index (χ3n) is 2.25. The Morgan fingerprint density at radius 1 is 1.46 bits per heavy atom. The lowest BCUT2D eigenvalue weighted by molar-refractivity contribution is 1.10.